The largest absolute Gasteiger partial charge is 0.508 e. The third-order valence-corrected chi connectivity index (χ3v) is 16.5. The lowest BCUT2D eigenvalue weighted by molar-refractivity contribution is -0.396. The van der Waals surface area contributed by atoms with E-state index in [4.69, 9.17) is 66.3 Å². The number of phenols is 1. The Morgan fingerprint density at radius 3 is 0.674 bits per heavy atom. The molecule has 0 saturated carbocycles. The molecule has 21 aliphatic heterocycles. The standard InChI is InChI=1S/C50H79NO35/c52-8-17-38-25(61)32(68)46(75-17)83-40-19(10-54)77-48(34(70)27(40)63)85-42-21(12-56)79-50(36(72)29(42)65)86-43-22(13-57)78-49(35(71)28(43)64)84-41-20(11-55)76-47(33(69)26(41)62)82-39-18(9-53)74-45(31(67)24(39)60)80-37-16(73-44(81-38)30(66)23(37)59)7-51-6-5-14-1-3-15(58)4-2-14/h1-4,16-72H,5-13H2/t16-,17-,18-,19-,20-,21-,22-,23-,24-,25-,26-,27-,28-,29-,30-,31-,32-,33-,34-,35-,36-,37-,38-,39-,40-,41-,42-,43-,44-,45-,46-,47-,48-,49-,50-/m1/s1. The summed E-state index contributed by atoms with van der Waals surface area (Å²) < 4.78 is 81.3. The zero-order chi connectivity index (χ0) is 62.2. The summed E-state index contributed by atoms with van der Waals surface area (Å²) in [5.74, 6) is 0.0132. The summed E-state index contributed by atoms with van der Waals surface area (Å²) in [6.45, 7) is -6.35. The molecule has 21 saturated heterocycles. The molecule has 0 spiro atoms. The van der Waals surface area contributed by atoms with Gasteiger partial charge in [-0.05, 0) is 30.7 Å². The van der Waals surface area contributed by atoms with Gasteiger partial charge >= 0.3 is 0 Å². The minimum Gasteiger partial charge on any atom is -0.508 e. The van der Waals surface area contributed by atoms with Crippen molar-refractivity contribution in [3.63, 3.8) is 0 Å². The van der Waals surface area contributed by atoms with Crippen LogP contribution in [0.25, 0.3) is 0 Å². The number of aliphatic hydroxyl groups is 20. The van der Waals surface area contributed by atoms with Crippen molar-refractivity contribution in [2.75, 3.05) is 52.7 Å². The number of phenolic OH excluding ortho intramolecular Hbond substituents is 1. The molecule has 1 aromatic carbocycles. The Hall–Kier alpha value is -2.38. The van der Waals surface area contributed by atoms with Gasteiger partial charge in [-0.25, -0.2) is 0 Å². The molecule has 14 bridgehead atoms. The number of hydrogen-bond acceptors (Lipinski definition) is 36. The summed E-state index contributed by atoms with van der Waals surface area (Å²) >= 11 is 0. The Morgan fingerprint density at radius 2 is 0.465 bits per heavy atom. The number of ether oxygens (including phenoxy) is 14. The van der Waals surface area contributed by atoms with Crippen molar-refractivity contribution in [1.29, 1.82) is 0 Å². The van der Waals surface area contributed by atoms with E-state index in [1.165, 1.54) is 12.1 Å². The van der Waals surface area contributed by atoms with Crippen LogP contribution in [0.15, 0.2) is 24.3 Å². The molecule has 21 aliphatic rings. The van der Waals surface area contributed by atoms with Gasteiger partial charge in [-0.1, -0.05) is 12.1 Å². The van der Waals surface area contributed by atoms with Crippen molar-refractivity contribution >= 4 is 0 Å². The predicted molar refractivity (Wildman–Crippen MR) is 266 cm³/mol. The molecule has 0 radical (unpaired) electrons. The van der Waals surface area contributed by atoms with Gasteiger partial charge in [-0.3, -0.25) is 0 Å². The zero-order valence-electron chi connectivity index (χ0n) is 45.5. The Bertz CT molecular complexity index is 2220. The van der Waals surface area contributed by atoms with Gasteiger partial charge < -0.3 is 179 Å². The molecular weight excluding hydrogens is 1170 g/mol. The summed E-state index contributed by atoms with van der Waals surface area (Å²) in [6, 6.07) is 6.22. The van der Waals surface area contributed by atoms with Gasteiger partial charge in [-0.2, -0.15) is 0 Å². The van der Waals surface area contributed by atoms with E-state index < -0.39 is 255 Å². The maximum Gasteiger partial charge on any atom is 0.187 e. The topological polar surface area (TPSA) is 566 Å². The number of rotatable bonds is 11. The van der Waals surface area contributed by atoms with Crippen LogP contribution in [0.4, 0.5) is 0 Å². The quantitative estimate of drug-likeness (QED) is 0.0915. The smallest absolute Gasteiger partial charge is 0.187 e. The SMILES string of the molecule is OC[C@H]1O[C@@H]2O[C@H]3[C@H](O)[C@@H](O)[C@@H](O[C@H]4[C@H](O)[C@@H](O)[C@@H](O[C@H]5[C@H](O)[C@@H](O)[C@@H](O[C@H]6[C@H](O)[C@@H](O)[C@@H](O[C@H]7[C@H](O)[C@@H](O)[C@@H](O[C@H]8[C@H](O)[C@@H](O)[C@@H](O[C@H]1[C@H](O)[C@H]2O)O[C@@H]8CO)O[C@@H]7CO)O[C@@H]6CO)O[C@@H]5CNCCc1ccc(O)cc1)O[C@@H]4CO)O[C@@H]3CO. The molecule has 86 heavy (non-hydrogen) atoms. The third kappa shape index (κ3) is 14.0. The lowest BCUT2D eigenvalue weighted by atomic mass is 9.95. The van der Waals surface area contributed by atoms with Gasteiger partial charge in [0, 0.05) is 6.54 Å². The van der Waals surface area contributed by atoms with E-state index in [0.717, 1.165) is 5.56 Å². The molecule has 22 rings (SSSR count). The molecule has 0 amide bonds. The summed E-state index contributed by atoms with van der Waals surface area (Å²) in [7, 11) is 0. The number of nitrogens with one attached hydrogen (secondary N) is 1. The second-order valence-corrected chi connectivity index (χ2v) is 22.1. The summed E-state index contributed by atoms with van der Waals surface area (Å²) in [4.78, 5) is 0. The molecule has 0 aliphatic carbocycles. The molecule has 494 valence electrons. The monoisotopic (exact) mass is 1250 g/mol. The van der Waals surface area contributed by atoms with Crippen molar-refractivity contribution < 1.29 is 174 Å². The first-order chi connectivity index (χ1) is 41.1. The zero-order valence-corrected chi connectivity index (χ0v) is 45.5. The van der Waals surface area contributed by atoms with Crippen molar-refractivity contribution in [2.45, 2.75) is 221 Å². The fourth-order valence-electron chi connectivity index (χ4n) is 11.6. The van der Waals surface area contributed by atoms with Crippen LogP contribution in [-0.2, 0) is 72.7 Å². The lowest BCUT2D eigenvalue weighted by Gasteiger charge is -2.50. The van der Waals surface area contributed by atoms with Crippen molar-refractivity contribution in [3.8, 4) is 5.75 Å². The van der Waals surface area contributed by atoms with E-state index in [0.29, 0.717) is 6.42 Å². The van der Waals surface area contributed by atoms with Crippen LogP contribution in [-0.4, -0.2) is 375 Å². The van der Waals surface area contributed by atoms with E-state index >= 15 is 0 Å². The Morgan fingerprint density at radius 1 is 0.267 bits per heavy atom. The van der Waals surface area contributed by atoms with E-state index in [9.17, 15) is 107 Å². The second kappa shape index (κ2) is 29.5. The van der Waals surface area contributed by atoms with E-state index in [1.807, 2.05) is 0 Å². The highest BCUT2D eigenvalue weighted by Crippen LogP contribution is 2.39. The van der Waals surface area contributed by atoms with Gasteiger partial charge in [0.1, 0.15) is 177 Å². The highest BCUT2D eigenvalue weighted by atomic mass is 16.8. The molecule has 0 unspecified atom stereocenters. The highest BCUT2D eigenvalue weighted by Gasteiger charge is 2.59. The van der Waals surface area contributed by atoms with E-state index in [-0.39, 0.29) is 18.8 Å². The lowest BCUT2D eigenvalue weighted by Crippen LogP contribution is -2.68. The first-order valence-electron chi connectivity index (χ1n) is 27.9. The molecular formula is C50H79NO35. The van der Waals surface area contributed by atoms with Gasteiger partial charge in [0.2, 0.25) is 0 Å². The van der Waals surface area contributed by atoms with Gasteiger partial charge in [-0.15, -0.1) is 0 Å². The fraction of sp³-hybridized carbons (Fsp3) is 0.880. The van der Waals surface area contributed by atoms with Gasteiger partial charge in [0.15, 0.2) is 44.0 Å². The van der Waals surface area contributed by atoms with Gasteiger partial charge in [0.25, 0.3) is 0 Å². The number of aromatic hydroxyl groups is 1. The number of benzene rings is 1. The molecule has 35 atom stereocenters. The van der Waals surface area contributed by atoms with Gasteiger partial charge in [0.05, 0.1) is 39.6 Å². The first-order valence-corrected chi connectivity index (χ1v) is 27.9. The average Bonchev–Trinajstić information content (AvgIpc) is 1.82. The Kier molecular flexibility index (Phi) is 23.3. The highest BCUT2D eigenvalue weighted by molar-refractivity contribution is 5.26. The normalized spacial score (nSPS) is 50.8. The molecule has 36 heteroatoms. The molecule has 21 fully saturated rings. The van der Waals surface area contributed by atoms with Crippen LogP contribution in [0.3, 0.4) is 0 Å². The maximum absolute atomic E-state index is 11.8. The summed E-state index contributed by atoms with van der Waals surface area (Å²) in [5, 5.41) is 236. The molecule has 1 aromatic rings. The van der Waals surface area contributed by atoms with E-state index in [2.05, 4.69) is 5.32 Å². The Balaban J connectivity index is 1.00. The van der Waals surface area contributed by atoms with Crippen LogP contribution in [0.2, 0.25) is 0 Å². The minimum absolute atomic E-state index is 0.0132. The predicted octanol–water partition coefficient (Wildman–Crippen LogP) is -13.7. The van der Waals surface area contributed by atoms with Crippen LogP contribution >= 0.6 is 0 Å². The van der Waals surface area contributed by atoms with Crippen LogP contribution in [0.5, 0.6) is 5.75 Å². The van der Waals surface area contributed by atoms with Crippen LogP contribution < -0.4 is 5.32 Å². The summed E-state index contributed by atoms with van der Waals surface area (Å²) in [5.41, 5.74) is 0.765. The molecule has 0 aromatic heterocycles. The Labute approximate surface area is 487 Å². The van der Waals surface area contributed by atoms with Crippen molar-refractivity contribution in [3.05, 3.63) is 29.8 Å². The first kappa shape index (κ1) is 68.0. The van der Waals surface area contributed by atoms with Crippen molar-refractivity contribution in [2.24, 2.45) is 0 Å². The van der Waals surface area contributed by atoms with Crippen LogP contribution in [0.1, 0.15) is 5.56 Å². The minimum atomic E-state index is -2.21. The van der Waals surface area contributed by atoms with Crippen molar-refractivity contribution in [1.82, 2.24) is 5.32 Å². The number of aliphatic hydroxyl groups excluding tert-OH is 20. The van der Waals surface area contributed by atoms with E-state index in [1.54, 1.807) is 12.1 Å². The third-order valence-electron chi connectivity index (χ3n) is 16.5. The second-order valence-electron chi connectivity index (χ2n) is 22.1. The molecule has 36 nitrogen and oxygen atoms in total. The maximum atomic E-state index is 11.8. The fourth-order valence-corrected chi connectivity index (χ4v) is 11.6. The molecule has 21 heterocycles. The average molecular weight is 1250 g/mol. The molecule has 22 N–H and O–H groups in total. The van der Waals surface area contributed by atoms with Crippen LogP contribution in [0, 0.1) is 0 Å². The summed E-state index contributed by atoms with van der Waals surface area (Å²) in [6.07, 6.45) is -69.3. The number of hydrogen-bond donors (Lipinski definition) is 22.